The molecule has 1 heterocycles. The summed E-state index contributed by atoms with van der Waals surface area (Å²) in [6.07, 6.45) is 0. The Labute approximate surface area is 139 Å². The Kier molecular flexibility index (Phi) is 4.04. The number of aromatic carboxylic acids is 1. The van der Waals surface area contributed by atoms with Crippen molar-refractivity contribution in [2.75, 3.05) is 0 Å². The first-order valence-electron chi connectivity index (χ1n) is 7.34. The summed E-state index contributed by atoms with van der Waals surface area (Å²) < 4.78 is 1.52. The van der Waals surface area contributed by atoms with Gasteiger partial charge in [0.05, 0.1) is 5.56 Å². The van der Waals surface area contributed by atoms with Crippen molar-refractivity contribution < 1.29 is 14.6 Å². The lowest BCUT2D eigenvalue weighted by molar-refractivity contribution is -0.649. The molecule has 3 aromatic rings. The lowest BCUT2D eigenvalue weighted by Gasteiger charge is -2.07. The van der Waals surface area contributed by atoms with Crippen LogP contribution < -0.4 is 4.68 Å². The van der Waals surface area contributed by atoms with Gasteiger partial charge in [0.15, 0.2) is 0 Å². The molecule has 1 aromatic heterocycles. The number of benzene rings is 2. The van der Waals surface area contributed by atoms with Crippen LogP contribution >= 0.6 is 0 Å². The Balaban J connectivity index is 2.44. The van der Waals surface area contributed by atoms with E-state index in [0.717, 1.165) is 5.56 Å². The van der Waals surface area contributed by atoms with Gasteiger partial charge in [0, 0.05) is 22.8 Å². The average Bonchev–Trinajstić information content (AvgIpc) is 2.62. The highest BCUT2D eigenvalue weighted by molar-refractivity contribution is 5.88. The van der Waals surface area contributed by atoms with Crippen LogP contribution in [-0.2, 0) is 0 Å². The molecule has 0 amide bonds. The Hall–Kier alpha value is -3.52. The van der Waals surface area contributed by atoms with Gasteiger partial charge < -0.3 is 5.11 Å². The van der Waals surface area contributed by atoms with Gasteiger partial charge in [-0.15, -0.1) is 0 Å². The number of para-hydroxylation sites is 1. The minimum atomic E-state index is -1.16. The van der Waals surface area contributed by atoms with Gasteiger partial charge in [-0.05, 0) is 23.7 Å². The van der Waals surface area contributed by atoms with E-state index in [4.69, 9.17) is 0 Å². The number of aromatic nitrogens is 2. The smallest absolute Gasteiger partial charge is 0.361 e. The van der Waals surface area contributed by atoms with Gasteiger partial charge in [-0.25, -0.2) is 4.79 Å². The summed E-state index contributed by atoms with van der Waals surface area (Å²) in [4.78, 5) is 11.5. The van der Waals surface area contributed by atoms with Crippen LogP contribution in [0.3, 0.4) is 0 Å². The molecule has 1 N–H and O–H groups in total. The molecule has 24 heavy (non-hydrogen) atoms. The largest absolute Gasteiger partial charge is 0.476 e. The molecule has 0 unspecified atom stereocenters. The van der Waals surface area contributed by atoms with Crippen LogP contribution in [0.15, 0.2) is 60.7 Å². The predicted molar refractivity (Wildman–Crippen MR) is 87.6 cm³/mol. The first kappa shape index (κ1) is 15.4. The van der Waals surface area contributed by atoms with Crippen LogP contribution in [0.4, 0.5) is 0 Å². The Morgan fingerprint density at radius 1 is 1.08 bits per heavy atom. The summed E-state index contributed by atoms with van der Waals surface area (Å²) in [5.74, 6) is -1.16. The summed E-state index contributed by atoms with van der Waals surface area (Å²) in [6.45, 7) is 1.61. The number of carboxylic acids is 1. The number of rotatable bonds is 3. The van der Waals surface area contributed by atoms with Crippen molar-refractivity contribution in [1.82, 2.24) is 5.10 Å². The molecule has 0 radical (unpaired) electrons. The van der Waals surface area contributed by atoms with Gasteiger partial charge >= 0.3 is 5.97 Å². The van der Waals surface area contributed by atoms with Crippen LogP contribution in [0.25, 0.3) is 16.9 Å². The molecule has 2 aromatic carbocycles. The fraction of sp³-hybridized carbons (Fsp3) is 0.0526. The third-order valence-corrected chi connectivity index (χ3v) is 3.74. The van der Waals surface area contributed by atoms with Gasteiger partial charge in [0.1, 0.15) is 11.6 Å². The molecule has 0 aliphatic heterocycles. The van der Waals surface area contributed by atoms with Gasteiger partial charge in [0.25, 0.3) is 5.69 Å². The van der Waals surface area contributed by atoms with Crippen molar-refractivity contribution in [2.45, 2.75) is 6.92 Å². The molecule has 116 valence electrons. The monoisotopic (exact) mass is 316 g/mol. The van der Waals surface area contributed by atoms with Crippen molar-refractivity contribution in [1.29, 1.82) is 5.26 Å². The highest BCUT2D eigenvalue weighted by Gasteiger charge is 2.30. The van der Waals surface area contributed by atoms with E-state index in [1.54, 1.807) is 6.92 Å². The average molecular weight is 316 g/mol. The van der Waals surface area contributed by atoms with Crippen LogP contribution in [0, 0.1) is 18.3 Å². The SMILES string of the molecule is Cc1c(C(=O)O)n[n+](-c2ccccc2)c(-c2ccccc2)c1C#N. The van der Waals surface area contributed by atoms with E-state index in [0.29, 0.717) is 22.5 Å². The molecule has 0 spiro atoms. The molecular formula is C19H14N3O2+. The number of carbonyl (C=O) groups is 1. The fourth-order valence-electron chi connectivity index (χ4n) is 2.59. The Bertz CT molecular complexity index is 946. The lowest BCUT2D eigenvalue weighted by atomic mass is 10.0. The molecule has 0 fully saturated rings. The summed E-state index contributed by atoms with van der Waals surface area (Å²) in [5, 5.41) is 23.4. The first-order chi connectivity index (χ1) is 11.6. The van der Waals surface area contributed by atoms with E-state index in [9.17, 15) is 15.2 Å². The third-order valence-electron chi connectivity index (χ3n) is 3.74. The second kappa shape index (κ2) is 6.31. The molecule has 0 aliphatic rings. The van der Waals surface area contributed by atoms with Crippen molar-refractivity contribution in [3.63, 3.8) is 0 Å². The molecular weight excluding hydrogens is 302 g/mol. The molecule has 0 atom stereocenters. The number of nitrogens with zero attached hydrogens (tertiary/aromatic N) is 3. The standard InChI is InChI=1S/C19H13N3O2/c1-13-16(12-20)18(14-8-4-2-5-9-14)22(21-17(13)19(23)24)15-10-6-3-7-11-15/h2-11H,1H3/p+1. The van der Waals surface area contributed by atoms with Gasteiger partial charge in [-0.1, -0.05) is 36.4 Å². The van der Waals surface area contributed by atoms with Crippen molar-refractivity contribution in [3.05, 3.63) is 77.5 Å². The lowest BCUT2D eigenvalue weighted by Crippen LogP contribution is -2.41. The number of hydrogen-bond acceptors (Lipinski definition) is 3. The zero-order valence-electron chi connectivity index (χ0n) is 13.0. The van der Waals surface area contributed by atoms with Gasteiger partial charge in [0.2, 0.25) is 11.4 Å². The summed E-state index contributed by atoms with van der Waals surface area (Å²) in [5.41, 5.74) is 2.59. The third kappa shape index (κ3) is 2.61. The zero-order chi connectivity index (χ0) is 17.1. The van der Waals surface area contributed by atoms with Crippen LogP contribution in [0.2, 0.25) is 0 Å². The molecule has 0 aliphatic carbocycles. The second-order valence-corrected chi connectivity index (χ2v) is 5.23. The van der Waals surface area contributed by atoms with E-state index in [1.807, 2.05) is 60.7 Å². The topological polar surface area (TPSA) is 77.9 Å². The Morgan fingerprint density at radius 3 is 2.21 bits per heavy atom. The molecule has 0 saturated heterocycles. The van der Waals surface area contributed by atoms with Crippen molar-refractivity contribution >= 4 is 5.97 Å². The summed E-state index contributed by atoms with van der Waals surface area (Å²) in [7, 11) is 0. The maximum absolute atomic E-state index is 11.5. The van der Waals surface area contributed by atoms with E-state index in [1.165, 1.54) is 4.68 Å². The summed E-state index contributed by atoms with van der Waals surface area (Å²) >= 11 is 0. The van der Waals surface area contributed by atoms with E-state index in [2.05, 4.69) is 11.2 Å². The quantitative estimate of drug-likeness (QED) is 0.754. The van der Waals surface area contributed by atoms with Crippen LogP contribution in [0.1, 0.15) is 21.6 Å². The number of nitriles is 1. The molecule has 0 saturated carbocycles. The summed E-state index contributed by atoms with van der Waals surface area (Å²) in [6, 6.07) is 20.7. The maximum Gasteiger partial charge on any atom is 0.361 e. The fourth-order valence-corrected chi connectivity index (χ4v) is 2.59. The number of carboxylic acid groups (broad SMARTS) is 1. The van der Waals surface area contributed by atoms with Crippen LogP contribution in [0.5, 0.6) is 0 Å². The zero-order valence-corrected chi connectivity index (χ0v) is 13.0. The molecule has 5 nitrogen and oxygen atoms in total. The van der Waals surface area contributed by atoms with E-state index < -0.39 is 5.97 Å². The normalized spacial score (nSPS) is 10.2. The molecule has 3 rings (SSSR count). The van der Waals surface area contributed by atoms with Crippen LogP contribution in [-0.4, -0.2) is 16.2 Å². The number of hydrogen-bond donors (Lipinski definition) is 1. The highest BCUT2D eigenvalue weighted by Crippen LogP contribution is 2.24. The van der Waals surface area contributed by atoms with E-state index >= 15 is 0 Å². The first-order valence-corrected chi connectivity index (χ1v) is 7.34. The molecule has 5 heteroatoms. The minimum absolute atomic E-state index is 0.130. The molecule has 0 bridgehead atoms. The van der Waals surface area contributed by atoms with Gasteiger partial charge in [-0.3, -0.25) is 0 Å². The maximum atomic E-state index is 11.5. The van der Waals surface area contributed by atoms with Crippen molar-refractivity contribution in [3.8, 4) is 23.0 Å². The minimum Gasteiger partial charge on any atom is -0.476 e. The van der Waals surface area contributed by atoms with E-state index in [-0.39, 0.29) is 5.69 Å². The highest BCUT2D eigenvalue weighted by atomic mass is 16.4. The second-order valence-electron chi connectivity index (χ2n) is 5.23. The van der Waals surface area contributed by atoms with Crippen molar-refractivity contribution in [2.24, 2.45) is 0 Å². The predicted octanol–water partition coefficient (Wildman–Crippen LogP) is 2.90. The van der Waals surface area contributed by atoms with Gasteiger partial charge in [-0.2, -0.15) is 5.26 Å². The Morgan fingerprint density at radius 2 is 1.67 bits per heavy atom.